The van der Waals surface area contributed by atoms with Crippen LogP contribution in [0.3, 0.4) is 0 Å². The Balaban J connectivity index is 2.41. The number of rotatable bonds is 5. The second kappa shape index (κ2) is 5.17. The van der Waals surface area contributed by atoms with Crippen molar-refractivity contribution in [3.05, 3.63) is 35.6 Å². The Morgan fingerprint density at radius 1 is 1.25 bits per heavy atom. The van der Waals surface area contributed by atoms with Crippen molar-refractivity contribution in [2.24, 2.45) is 0 Å². The molecule has 2 N–H and O–H groups in total. The molecule has 0 saturated heterocycles. The molecule has 2 nitrogen and oxygen atoms in total. The van der Waals surface area contributed by atoms with Crippen LogP contribution in [0.15, 0.2) is 28.7 Å². The first-order chi connectivity index (χ1) is 7.86. The van der Waals surface area contributed by atoms with Crippen molar-refractivity contribution in [3.63, 3.8) is 0 Å². The van der Waals surface area contributed by atoms with Crippen LogP contribution in [0.1, 0.15) is 31.1 Å². The molecule has 1 heterocycles. The van der Waals surface area contributed by atoms with Gasteiger partial charge in [-0.15, -0.1) is 0 Å². The van der Waals surface area contributed by atoms with Gasteiger partial charge in [-0.05, 0) is 12.5 Å². The van der Waals surface area contributed by atoms with Crippen LogP contribution < -0.4 is 5.32 Å². The number of para-hydroxylation sites is 1. The van der Waals surface area contributed by atoms with E-state index in [1.54, 1.807) is 0 Å². The van der Waals surface area contributed by atoms with Gasteiger partial charge in [-0.3, -0.25) is 0 Å². The molecule has 86 valence electrons. The van der Waals surface area contributed by atoms with E-state index in [9.17, 15) is 0 Å². The number of aryl methyl sites for hydroxylation is 1. The van der Waals surface area contributed by atoms with Crippen LogP contribution >= 0.6 is 0 Å². The number of hydrogen-bond donors (Lipinski definition) is 1. The summed E-state index contributed by atoms with van der Waals surface area (Å²) in [5.74, 6) is 1.18. The molecule has 0 saturated carbocycles. The first-order valence-corrected chi connectivity index (χ1v) is 6.14. The lowest BCUT2D eigenvalue weighted by atomic mass is 10.1. The van der Waals surface area contributed by atoms with E-state index in [-0.39, 0.29) is 0 Å². The zero-order valence-corrected chi connectivity index (χ0v) is 10.1. The maximum atomic E-state index is 5.93. The Labute approximate surface area is 96.6 Å². The van der Waals surface area contributed by atoms with E-state index in [2.05, 4.69) is 37.5 Å². The van der Waals surface area contributed by atoms with E-state index >= 15 is 0 Å². The summed E-state index contributed by atoms with van der Waals surface area (Å²) in [6, 6.07) is 8.34. The fourth-order valence-electron chi connectivity index (χ4n) is 2.12. The summed E-state index contributed by atoms with van der Waals surface area (Å²) >= 11 is 0. The lowest BCUT2D eigenvalue weighted by Gasteiger charge is -1.99. The monoisotopic (exact) mass is 218 g/mol. The highest BCUT2D eigenvalue weighted by molar-refractivity contribution is 5.82. The first kappa shape index (κ1) is 11.2. The van der Waals surface area contributed by atoms with Crippen LogP contribution in [0.2, 0.25) is 0 Å². The van der Waals surface area contributed by atoms with Crippen molar-refractivity contribution in [2.75, 3.05) is 7.05 Å². The highest BCUT2D eigenvalue weighted by Crippen LogP contribution is 2.26. The van der Waals surface area contributed by atoms with Crippen molar-refractivity contribution in [3.8, 4) is 0 Å². The molecule has 0 aliphatic heterocycles. The summed E-state index contributed by atoms with van der Waals surface area (Å²) in [4.78, 5) is 0. The minimum absolute atomic E-state index is 1.01. The number of benzene rings is 1. The average Bonchev–Trinajstić information content (AvgIpc) is 2.66. The van der Waals surface area contributed by atoms with E-state index in [0.29, 0.717) is 0 Å². The Morgan fingerprint density at radius 3 is 2.81 bits per heavy atom. The van der Waals surface area contributed by atoms with Gasteiger partial charge in [0.2, 0.25) is 0 Å². The molecule has 1 aromatic heterocycles. The van der Waals surface area contributed by atoms with Crippen LogP contribution in [-0.2, 0) is 13.0 Å². The minimum Gasteiger partial charge on any atom is -0.461 e. The quantitative estimate of drug-likeness (QED) is 0.821. The lowest BCUT2D eigenvalue weighted by Crippen LogP contribution is -2.77. The molecule has 1 aromatic carbocycles. The van der Waals surface area contributed by atoms with Crippen LogP contribution in [0.5, 0.6) is 0 Å². The predicted octanol–water partition coefficient (Wildman–Crippen LogP) is 2.47. The zero-order chi connectivity index (χ0) is 11.4. The Bertz CT molecular complexity index is 459. The topological polar surface area (TPSA) is 29.8 Å². The normalized spacial score (nSPS) is 11.1. The number of furan rings is 1. The number of fused-ring (bicyclic) bond motifs is 1. The molecule has 0 spiro atoms. The third-order valence-corrected chi connectivity index (χ3v) is 2.95. The van der Waals surface area contributed by atoms with Crippen molar-refractivity contribution >= 4 is 11.0 Å². The second-order valence-corrected chi connectivity index (χ2v) is 4.22. The van der Waals surface area contributed by atoms with Crippen molar-refractivity contribution in [1.82, 2.24) is 0 Å². The third kappa shape index (κ3) is 2.12. The van der Waals surface area contributed by atoms with Crippen molar-refractivity contribution in [1.29, 1.82) is 0 Å². The number of quaternary nitrogens is 1. The first-order valence-electron chi connectivity index (χ1n) is 6.14. The summed E-state index contributed by atoms with van der Waals surface area (Å²) in [5, 5.41) is 3.49. The van der Waals surface area contributed by atoms with E-state index in [1.807, 2.05) is 6.07 Å². The van der Waals surface area contributed by atoms with Crippen LogP contribution in [0, 0.1) is 0 Å². The molecular formula is C14H20NO+. The van der Waals surface area contributed by atoms with Gasteiger partial charge in [0.25, 0.3) is 0 Å². The highest BCUT2D eigenvalue weighted by Gasteiger charge is 2.13. The zero-order valence-electron chi connectivity index (χ0n) is 10.1. The van der Waals surface area contributed by atoms with Gasteiger partial charge in [0.05, 0.1) is 12.6 Å². The molecule has 0 unspecified atom stereocenters. The molecule has 0 aliphatic rings. The van der Waals surface area contributed by atoms with E-state index in [4.69, 9.17) is 4.42 Å². The van der Waals surface area contributed by atoms with Gasteiger partial charge in [-0.25, -0.2) is 0 Å². The molecule has 16 heavy (non-hydrogen) atoms. The van der Waals surface area contributed by atoms with Crippen molar-refractivity contribution in [2.45, 2.75) is 32.7 Å². The van der Waals surface area contributed by atoms with Crippen LogP contribution in [0.25, 0.3) is 11.0 Å². The molecule has 0 amide bonds. The minimum atomic E-state index is 1.01. The summed E-state index contributed by atoms with van der Waals surface area (Å²) in [6.45, 7) is 3.23. The van der Waals surface area contributed by atoms with Crippen LogP contribution in [-0.4, -0.2) is 7.05 Å². The van der Waals surface area contributed by atoms with E-state index in [0.717, 1.165) is 18.5 Å². The molecule has 0 fully saturated rings. The Morgan fingerprint density at radius 2 is 2.06 bits per heavy atom. The lowest BCUT2D eigenvalue weighted by molar-refractivity contribution is -0.643. The smallest absolute Gasteiger partial charge is 0.134 e. The van der Waals surface area contributed by atoms with Gasteiger partial charge in [0.15, 0.2) is 0 Å². The molecule has 2 heteroatoms. The molecular weight excluding hydrogens is 198 g/mol. The second-order valence-electron chi connectivity index (χ2n) is 4.22. The average molecular weight is 218 g/mol. The maximum Gasteiger partial charge on any atom is 0.134 e. The molecule has 0 bridgehead atoms. The van der Waals surface area contributed by atoms with Gasteiger partial charge in [0, 0.05) is 11.8 Å². The van der Waals surface area contributed by atoms with E-state index in [1.165, 1.54) is 29.6 Å². The van der Waals surface area contributed by atoms with Gasteiger partial charge in [0.1, 0.15) is 17.9 Å². The SMILES string of the molecule is CCCCc1oc2ccccc2c1C[NH2+]C. The number of unbranched alkanes of at least 4 members (excludes halogenated alkanes) is 1. The summed E-state index contributed by atoms with van der Waals surface area (Å²) in [5.41, 5.74) is 2.41. The third-order valence-electron chi connectivity index (χ3n) is 2.95. The van der Waals surface area contributed by atoms with Gasteiger partial charge >= 0.3 is 0 Å². The van der Waals surface area contributed by atoms with Crippen LogP contribution in [0.4, 0.5) is 0 Å². The summed E-state index contributed by atoms with van der Waals surface area (Å²) < 4.78 is 5.93. The molecule has 0 radical (unpaired) electrons. The Hall–Kier alpha value is -1.28. The summed E-state index contributed by atoms with van der Waals surface area (Å²) in [7, 11) is 2.10. The predicted molar refractivity (Wildman–Crippen MR) is 66.4 cm³/mol. The molecule has 2 aromatic rings. The highest BCUT2D eigenvalue weighted by atomic mass is 16.3. The van der Waals surface area contributed by atoms with Crippen molar-refractivity contribution < 1.29 is 9.73 Å². The molecule has 0 aliphatic carbocycles. The molecule has 2 rings (SSSR count). The van der Waals surface area contributed by atoms with Gasteiger partial charge < -0.3 is 9.73 Å². The molecule has 0 atom stereocenters. The fourth-order valence-corrected chi connectivity index (χ4v) is 2.12. The van der Waals surface area contributed by atoms with Gasteiger partial charge in [-0.1, -0.05) is 31.5 Å². The largest absolute Gasteiger partial charge is 0.461 e. The number of hydrogen-bond acceptors (Lipinski definition) is 1. The van der Waals surface area contributed by atoms with E-state index < -0.39 is 0 Å². The maximum absolute atomic E-state index is 5.93. The Kier molecular flexibility index (Phi) is 3.62. The number of nitrogens with two attached hydrogens (primary N) is 1. The van der Waals surface area contributed by atoms with Gasteiger partial charge in [-0.2, -0.15) is 0 Å². The summed E-state index contributed by atoms with van der Waals surface area (Å²) in [6.07, 6.45) is 3.48. The standard InChI is InChI=1S/C14H19NO/c1-3-4-8-14-12(10-15-2)11-7-5-6-9-13(11)16-14/h5-7,9,15H,3-4,8,10H2,1-2H3/p+1. The fraction of sp³-hybridized carbons (Fsp3) is 0.429.